The molecule has 0 unspecified atom stereocenters. The maximum absolute atomic E-state index is 10.6. The van der Waals surface area contributed by atoms with Gasteiger partial charge in [0.1, 0.15) is 0 Å². The van der Waals surface area contributed by atoms with Crippen molar-refractivity contribution >= 4 is 7.91 Å². The van der Waals surface area contributed by atoms with E-state index in [1.165, 1.54) is 22.4 Å². The van der Waals surface area contributed by atoms with Crippen molar-refractivity contribution in [1.82, 2.24) is 4.57 Å². The summed E-state index contributed by atoms with van der Waals surface area (Å²) in [7, 11) is -0.719. The molecule has 0 radical (unpaired) electrons. The zero-order valence-corrected chi connectivity index (χ0v) is 23.1. The van der Waals surface area contributed by atoms with E-state index in [1.54, 1.807) is 0 Å². The van der Waals surface area contributed by atoms with Crippen molar-refractivity contribution in [1.29, 1.82) is 0 Å². The lowest BCUT2D eigenvalue weighted by Gasteiger charge is -2.08. The lowest BCUT2D eigenvalue weighted by atomic mass is 10.1. The Labute approximate surface area is 229 Å². The molecular weight excluding hydrogens is 505 g/mol. The molecule has 3 heterocycles. The highest BCUT2D eigenvalue weighted by Gasteiger charge is 2.12. The van der Waals surface area contributed by atoms with Gasteiger partial charge in [-0.3, -0.25) is 4.52 Å². The summed E-state index contributed by atoms with van der Waals surface area (Å²) in [6.07, 6.45) is 9.52. The normalized spacial score (nSPS) is 11.0. The maximum atomic E-state index is 10.6. The molecule has 6 nitrogen and oxygen atoms in total. The predicted molar refractivity (Wildman–Crippen MR) is 150 cm³/mol. The Morgan fingerprint density at radius 2 is 1.03 bits per heavy atom. The van der Waals surface area contributed by atoms with Crippen LogP contribution in [0, 0.1) is 0 Å². The van der Waals surface area contributed by atoms with Crippen molar-refractivity contribution in [3.8, 4) is 22.5 Å². The Balaban J connectivity index is 1.24. The SMILES string of the molecule is CCc1ccc(C[n+]2ccc(-c3ccc(-c4cc[n+](Cc5ccc(COP(=O)=O)cc5)cc4)n3C)cc2)cc1. The number of hydrogen-bond donors (Lipinski definition) is 0. The molecule has 0 N–H and O–H groups in total. The molecule has 39 heavy (non-hydrogen) atoms. The average Bonchev–Trinajstić information content (AvgIpc) is 3.35. The number of benzene rings is 2. The van der Waals surface area contributed by atoms with E-state index < -0.39 is 7.91 Å². The molecule has 0 atom stereocenters. The molecule has 7 heteroatoms. The highest BCUT2D eigenvalue weighted by Crippen LogP contribution is 2.27. The van der Waals surface area contributed by atoms with Crippen molar-refractivity contribution in [3.63, 3.8) is 0 Å². The molecule has 2 aromatic carbocycles. The largest absolute Gasteiger partial charge is 0.468 e. The van der Waals surface area contributed by atoms with E-state index >= 15 is 0 Å². The van der Waals surface area contributed by atoms with Gasteiger partial charge in [0.05, 0.1) is 6.61 Å². The summed E-state index contributed by atoms with van der Waals surface area (Å²) >= 11 is 0. The Hall–Kier alpha value is -4.12. The molecular formula is C32H32N3O3P+2. The van der Waals surface area contributed by atoms with Crippen LogP contribution >= 0.6 is 7.91 Å². The summed E-state index contributed by atoms with van der Waals surface area (Å²) in [5.74, 6) is 0. The van der Waals surface area contributed by atoms with Gasteiger partial charge in [0.25, 0.3) is 0 Å². The van der Waals surface area contributed by atoms with E-state index in [1.807, 2.05) is 24.3 Å². The zero-order chi connectivity index (χ0) is 27.2. The monoisotopic (exact) mass is 537 g/mol. The van der Waals surface area contributed by atoms with Gasteiger partial charge in [0, 0.05) is 65.0 Å². The third kappa shape index (κ3) is 6.66. The molecule has 0 saturated heterocycles. The topological polar surface area (TPSA) is 56.1 Å². The molecule has 0 amide bonds. The molecule has 0 aliphatic carbocycles. The van der Waals surface area contributed by atoms with Gasteiger partial charge in [0.2, 0.25) is 0 Å². The van der Waals surface area contributed by atoms with Gasteiger partial charge in [-0.15, -0.1) is 0 Å². The predicted octanol–water partition coefficient (Wildman–Crippen LogP) is 6.20. The molecule has 0 fully saturated rings. The number of hydrogen-bond acceptors (Lipinski definition) is 3. The first-order valence-corrected chi connectivity index (χ1v) is 14.2. The molecule has 0 aliphatic rings. The van der Waals surface area contributed by atoms with Crippen LogP contribution in [0.3, 0.4) is 0 Å². The number of nitrogens with zero attached hydrogens (tertiary/aromatic N) is 3. The molecule has 5 aromatic rings. The Morgan fingerprint density at radius 3 is 1.44 bits per heavy atom. The van der Waals surface area contributed by atoms with E-state index in [-0.39, 0.29) is 6.61 Å². The van der Waals surface area contributed by atoms with Gasteiger partial charge in [-0.2, -0.15) is 0 Å². The second-order valence-corrected chi connectivity index (χ2v) is 10.4. The van der Waals surface area contributed by atoms with Crippen LogP contribution in [-0.2, 0) is 46.8 Å². The molecule has 5 rings (SSSR count). The van der Waals surface area contributed by atoms with Gasteiger partial charge >= 0.3 is 7.91 Å². The lowest BCUT2D eigenvalue weighted by molar-refractivity contribution is -0.688. The molecule has 0 bridgehead atoms. The highest BCUT2D eigenvalue weighted by molar-refractivity contribution is 7.24. The Morgan fingerprint density at radius 1 is 0.615 bits per heavy atom. The fraction of sp³-hybridized carbons (Fsp3) is 0.188. The minimum Gasteiger partial charge on any atom is -0.344 e. The third-order valence-corrected chi connectivity index (χ3v) is 7.36. The van der Waals surface area contributed by atoms with E-state index in [9.17, 15) is 9.13 Å². The van der Waals surface area contributed by atoms with Crippen molar-refractivity contribution < 1.29 is 22.8 Å². The summed E-state index contributed by atoms with van der Waals surface area (Å²) in [4.78, 5) is 0. The van der Waals surface area contributed by atoms with Gasteiger partial charge in [-0.1, -0.05) is 55.5 Å². The zero-order valence-electron chi connectivity index (χ0n) is 22.2. The van der Waals surface area contributed by atoms with Gasteiger partial charge < -0.3 is 4.57 Å². The van der Waals surface area contributed by atoms with Crippen LogP contribution < -0.4 is 9.13 Å². The number of aryl methyl sites for hydroxylation is 1. The molecule has 0 spiro atoms. The summed E-state index contributed by atoms with van der Waals surface area (Å²) < 4.78 is 32.4. The van der Waals surface area contributed by atoms with Crippen LogP contribution in [0.5, 0.6) is 0 Å². The van der Waals surface area contributed by atoms with Crippen LogP contribution in [0.4, 0.5) is 0 Å². The van der Waals surface area contributed by atoms with E-state index in [0.717, 1.165) is 41.9 Å². The smallest absolute Gasteiger partial charge is 0.344 e. The summed E-state index contributed by atoms with van der Waals surface area (Å²) in [5, 5.41) is 0. The summed E-state index contributed by atoms with van der Waals surface area (Å²) in [6.45, 7) is 3.83. The van der Waals surface area contributed by atoms with Gasteiger partial charge in [-0.05, 0) is 29.7 Å². The van der Waals surface area contributed by atoms with Crippen LogP contribution in [0.25, 0.3) is 22.5 Å². The first-order chi connectivity index (χ1) is 19.0. The Bertz CT molecular complexity index is 1600. The van der Waals surface area contributed by atoms with Crippen LogP contribution in [0.1, 0.15) is 29.2 Å². The fourth-order valence-corrected chi connectivity index (χ4v) is 4.98. The number of aromatic nitrogens is 3. The first-order valence-electron chi connectivity index (χ1n) is 13.1. The summed E-state index contributed by atoms with van der Waals surface area (Å²) in [5.41, 5.74) is 9.29. The van der Waals surface area contributed by atoms with Crippen molar-refractivity contribution in [2.75, 3.05) is 0 Å². The molecule has 0 saturated carbocycles. The minimum absolute atomic E-state index is 0.0654. The lowest BCUT2D eigenvalue weighted by Crippen LogP contribution is -2.33. The van der Waals surface area contributed by atoms with Crippen molar-refractivity contribution in [2.45, 2.75) is 33.0 Å². The van der Waals surface area contributed by atoms with E-state index in [0.29, 0.717) is 0 Å². The molecule has 3 aromatic heterocycles. The van der Waals surface area contributed by atoms with Gasteiger partial charge in [-0.25, -0.2) is 18.3 Å². The van der Waals surface area contributed by atoms with Crippen LogP contribution in [0.2, 0.25) is 0 Å². The van der Waals surface area contributed by atoms with Crippen LogP contribution in [0.15, 0.2) is 110 Å². The fourth-order valence-electron chi connectivity index (χ4n) is 4.73. The second kappa shape index (κ2) is 12.2. The minimum atomic E-state index is -2.83. The number of rotatable bonds is 10. The maximum Gasteiger partial charge on any atom is 0.468 e. The third-order valence-electron chi connectivity index (χ3n) is 7.02. The van der Waals surface area contributed by atoms with Crippen molar-refractivity contribution in [3.05, 3.63) is 132 Å². The first kappa shape index (κ1) is 26.5. The molecule has 0 aliphatic heterocycles. The Kier molecular flexibility index (Phi) is 8.26. The number of pyridine rings is 2. The standard InChI is InChI=1S/C32H32N3O3P/c1-3-25-4-6-26(7-5-25)22-34-18-14-29(15-19-34)31-12-13-32(33(31)2)30-16-20-35(21-17-30)23-27-8-10-28(11-9-27)24-38-39(36)37/h4-21H,3,22-24H2,1-2H3/q+2. The van der Waals surface area contributed by atoms with E-state index in [2.05, 4.69) is 118 Å². The molecule has 196 valence electrons. The average molecular weight is 538 g/mol. The van der Waals surface area contributed by atoms with Crippen LogP contribution in [-0.4, -0.2) is 4.57 Å². The second-order valence-electron chi connectivity index (χ2n) is 9.66. The van der Waals surface area contributed by atoms with E-state index in [4.69, 9.17) is 0 Å². The van der Waals surface area contributed by atoms with Gasteiger partial charge in [0.15, 0.2) is 37.9 Å². The summed E-state index contributed by atoms with van der Waals surface area (Å²) in [6, 6.07) is 29.6. The van der Waals surface area contributed by atoms with Crippen molar-refractivity contribution in [2.24, 2.45) is 7.05 Å². The quantitative estimate of drug-likeness (QED) is 0.158. The highest BCUT2D eigenvalue weighted by atomic mass is 31.1.